The summed E-state index contributed by atoms with van der Waals surface area (Å²) < 4.78 is 0. The first-order valence-corrected chi connectivity index (χ1v) is 6.88. The van der Waals surface area contributed by atoms with Crippen molar-refractivity contribution >= 4 is 11.6 Å². The first-order chi connectivity index (χ1) is 9.72. The van der Waals surface area contributed by atoms with E-state index in [0.717, 1.165) is 36.3 Å². The standard InChI is InChI=1S/C15H18N4O/c16-12-5-4-11(8-12)15(20)19-13-3-1-2-10(9-13)14-17-6-7-18-14/h1-3,6-7,9,11-12H,4-5,8,16H2,(H,17,18)(H,19,20). The smallest absolute Gasteiger partial charge is 0.227 e. The number of H-pyrrole nitrogens is 1. The van der Waals surface area contributed by atoms with Crippen LogP contribution in [0, 0.1) is 5.92 Å². The van der Waals surface area contributed by atoms with Gasteiger partial charge in [0.1, 0.15) is 5.82 Å². The Balaban J connectivity index is 1.71. The molecule has 104 valence electrons. The Morgan fingerprint density at radius 2 is 2.30 bits per heavy atom. The van der Waals surface area contributed by atoms with Gasteiger partial charge in [-0.2, -0.15) is 0 Å². The molecule has 3 rings (SSSR count). The number of amides is 1. The van der Waals surface area contributed by atoms with Gasteiger partial charge < -0.3 is 16.0 Å². The van der Waals surface area contributed by atoms with Gasteiger partial charge in [-0.25, -0.2) is 4.98 Å². The van der Waals surface area contributed by atoms with Crippen LogP contribution < -0.4 is 11.1 Å². The van der Waals surface area contributed by atoms with Gasteiger partial charge in [0.05, 0.1) is 0 Å². The molecule has 0 saturated heterocycles. The topological polar surface area (TPSA) is 83.8 Å². The summed E-state index contributed by atoms with van der Waals surface area (Å²) in [5.41, 5.74) is 7.60. The number of nitrogens with zero attached hydrogens (tertiary/aromatic N) is 1. The summed E-state index contributed by atoms with van der Waals surface area (Å²) in [6.45, 7) is 0. The third kappa shape index (κ3) is 2.72. The normalized spacial score (nSPS) is 21.9. The molecule has 1 fully saturated rings. The molecule has 4 N–H and O–H groups in total. The van der Waals surface area contributed by atoms with E-state index in [1.54, 1.807) is 12.4 Å². The molecule has 0 radical (unpaired) electrons. The summed E-state index contributed by atoms with van der Waals surface area (Å²) in [6.07, 6.45) is 6.08. The minimum Gasteiger partial charge on any atom is -0.345 e. The molecule has 1 amide bonds. The number of rotatable bonds is 3. The molecule has 1 saturated carbocycles. The highest BCUT2D eigenvalue weighted by Gasteiger charge is 2.27. The second kappa shape index (κ2) is 5.46. The fraction of sp³-hybridized carbons (Fsp3) is 0.333. The zero-order valence-electron chi connectivity index (χ0n) is 11.2. The fourth-order valence-corrected chi connectivity index (χ4v) is 2.67. The monoisotopic (exact) mass is 270 g/mol. The Bertz CT molecular complexity index is 594. The summed E-state index contributed by atoms with van der Waals surface area (Å²) in [5.74, 6) is 0.899. The molecular formula is C15H18N4O. The van der Waals surface area contributed by atoms with Crippen molar-refractivity contribution < 1.29 is 4.79 Å². The van der Waals surface area contributed by atoms with Gasteiger partial charge in [0.15, 0.2) is 0 Å². The Morgan fingerprint density at radius 3 is 3.00 bits per heavy atom. The van der Waals surface area contributed by atoms with E-state index < -0.39 is 0 Å². The summed E-state index contributed by atoms with van der Waals surface area (Å²) in [4.78, 5) is 19.4. The molecule has 1 aliphatic rings. The lowest BCUT2D eigenvalue weighted by atomic mass is 10.1. The summed E-state index contributed by atoms with van der Waals surface area (Å²) in [7, 11) is 0. The van der Waals surface area contributed by atoms with Gasteiger partial charge in [0, 0.05) is 35.6 Å². The molecule has 1 aliphatic carbocycles. The number of anilines is 1. The Labute approximate surface area is 117 Å². The summed E-state index contributed by atoms with van der Waals surface area (Å²) >= 11 is 0. The molecule has 2 atom stereocenters. The van der Waals surface area contributed by atoms with E-state index in [-0.39, 0.29) is 17.9 Å². The maximum atomic E-state index is 12.2. The lowest BCUT2D eigenvalue weighted by molar-refractivity contribution is -0.119. The van der Waals surface area contributed by atoms with E-state index in [9.17, 15) is 4.79 Å². The number of aromatic nitrogens is 2. The van der Waals surface area contributed by atoms with Crippen LogP contribution >= 0.6 is 0 Å². The van der Waals surface area contributed by atoms with Crippen molar-refractivity contribution in [2.45, 2.75) is 25.3 Å². The van der Waals surface area contributed by atoms with Crippen LogP contribution in [0.5, 0.6) is 0 Å². The second-order valence-corrected chi connectivity index (χ2v) is 5.28. The van der Waals surface area contributed by atoms with Crippen LogP contribution in [-0.4, -0.2) is 21.9 Å². The van der Waals surface area contributed by atoms with Crippen LogP contribution in [0.25, 0.3) is 11.4 Å². The Hall–Kier alpha value is -2.14. The predicted molar refractivity (Wildman–Crippen MR) is 78.0 cm³/mol. The number of hydrogen-bond acceptors (Lipinski definition) is 3. The number of nitrogens with one attached hydrogen (secondary N) is 2. The molecule has 5 nitrogen and oxygen atoms in total. The van der Waals surface area contributed by atoms with Crippen molar-refractivity contribution in [3.63, 3.8) is 0 Å². The van der Waals surface area contributed by atoms with Crippen molar-refractivity contribution in [1.29, 1.82) is 0 Å². The molecule has 0 spiro atoms. The number of hydrogen-bond donors (Lipinski definition) is 3. The van der Waals surface area contributed by atoms with Gasteiger partial charge in [-0.05, 0) is 31.4 Å². The van der Waals surface area contributed by atoms with Crippen molar-refractivity contribution in [2.75, 3.05) is 5.32 Å². The molecule has 2 aromatic rings. The summed E-state index contributed by atoms with van der Waals surface area (Å²) in [6, 6.07) is 7.85. The van der Waals surface area contributed by atoms with Gasteiger partial charge in [-0.1, -0.05) is 12.1 Å². The molecular weight excluding hydrogens is 252 g/mol. The first kappa shape index (κ1) is 12.9. The number of imidazole rings is 1. The molecule has 20 heavy (non-hydrogen) atoms. The van der Waals surface area contributed by atoms with Crippen molar-refractivity contribution in [1.82, 2.24) is 9.97 Å². The highest BCUT2D eigenvalue weighted by molar-refractivity contribution is 5.93. The Kier molecular flexibility index (Phi) is 3.52. The van der Waals surface area contributed by atoms with Crippen LogP contribution in [-0.2, 0) is 4.79 Å². The molecule has 1 aromatic heterocycles. The van der Waals surface area contributed by atoms with E-state index >= 15 is 0 Å². The van der Waals surface area contributed by atoms with Crippen LogP contribution in [0.1, 0.15) is 19.3 Å². The van der Waals surface area contributed by atoms with E-state index in [0.29, 0.717) is 0 Å². The third-order valence-electron chi connectivity index (χ3n) is 3.75. The van der Waals surface area contributed by atoms with Gasteiger partial charge in [0.2, 0.25) is 5.91 Å². The van der Waals surface area contributed by atoms with Gasteiger partial charge >= 0.3 is 0 Å². The van der Waals surface area contributed by atoms with Crippen LogP contribution in [0.2, 0.25) is 0 Å². The number of benzene rings is 1. The van der Waals surface area contributed by atoms with Crippen molar-refractivity contribution in [3.8, 4) is 11.4 Å². The molecule has 5 heteroatoms. The SMILES string of the molecule is NC1CCC(C(=O)Nc2cccc(-c3ncc[nH]3)c2)C1. The van der Waals surface area contributed by atoms with E-state index in [1.165, 1.54) is 0 Å². The maximum Gasteiger partial charge on any atom is 0.227 e. The van der Waals surface area contributed by atoms with Gasteiger partial charge in [0.25, 0.3) is 0 Å². The Morgan fingerprint density at radius 1 is 1.40 bits per heavy atom. The minimum atomic E-state index is 0.0391. The van der Waals surface area contributed by atoms with Crippen molar-refractivity contribution in [2.24, 2.45) is 11.7 Å². The van der Waals surface area contributed by atoms with E-state index in [2.05, 4.69) is 15.3 Å². The highest BCUT2D eigenvalue weighted by Crippen LogP contribution is 2.26. The third-order valence-corrected chi connectivity index (χ3v) is 3.75. The number of carbonyl (C=O) groups is 1. The molecule has 1 aromatic carbocycles. The zero-order valence-corrected chi connectivity index (χ0v) is 11.2. The first-order valence-electron chi connectivity index (χ1n) is 6.88. The second-order valence-electron chi connectivity index (χ2n) is 5.28. The van der Waals surface area contributed by atoms with Crippen LogP contribution in [0.4, 0.5) is 5.69 Å². The van der Waals surface area contributed by atoms with E-state index in [1.807, 2.05) is 24.3 Å². The lowest BCUT2D eigenvalue weighted by Crippen LogP contribution is -2.23. The molecule has 0 bridgehead atoms. The average molecular weight is 270 g/mol. The van der Waals surface area contributed by atoms with Gasteiger partial charge in [-0.15, -0.1) is 0 Å². The molecule has 0 aliphatic heterocycles. The highest BCUT2D eigenvalue weighted by atomic mass is 16.1. The van der Waals surface area contributed by atoms with E-state index in [4.69, 9.17) is 5.73 Å². The molecule has 1 heterocycles. The lowest BCUT2D eigenvalue weighted by Gasteiger charge is -2.11. The average Bonchev–Trinajstić information content (AvgIpc) is 3.10. The predicted octanol–water partition coefficient (Wildman–Crippen LogP) is 2.14. The molecule has 2 unspecified atom stereocenters. The quantitative estimate of drug-likeness (QED) is 0.799. The minimum absolute atomic E-state index is 0.0391. The van der Waals surface area contributed by atoms with Crippen LogP contribution in [0.15, 0.2) is 36.7 Å². The van der Waals surface area contributed by atoms with Crippen molar-refractivity contribution in [3.05, 3.63) is 36.7 Å². The largest absolute Gasteiger partial charge is 0.345 e. The summed E-state index contributed by atoms with van der Waals surface area (Å²) in [5, 5.41) is 2.97. The number of carbonyl (C=O) groups excluding carboxylic acids is 1. The van der Waals surface area contributed by atoms with Gasteiger partial charge in [-0.3, -0.25) is 4.79 Å². The fourth-order valence-electron chi connectivity index (χ4n) is 2.67. The number of aromatic amines is 1. The number of nitrogens with two attached hydrogens (primary N) is 1. The maximum absolute atomic E-state index is 12.2. The van der Waals surface area contributed by atoms with Crippen LogP contribution in [0.3, 0.4) is 0 Å². The zero-order chi connectivity index (χ0) is 13.9.